The van der Waals surface area contributed by atoms with Gasteiger partial charge in [-0.05, 0) is 0 Å². The smallest absolute Gasteiger partial charge is 0.251 e. The lowest BCUT2D eigenvalue weighted by Crippen LogP contribution is -2.40. The molecule has 1 aliphatic rings. The molecular formula is C11H12F2N6. The average Bonchev–Trinajstić information content (AvgIpc) is 2.93. The van der Waals surface area contributed by atoms with Gasteiger partial charge >= 0.3 is 0 Å². The van der Waals surface area contributed by atoms with Crippen molar-refractivity contribution in [2.24, 2.45) is 0 Å². The van der Waals surface area contributed by atoms with Crippen molar-refractivity contribution in [3.05, 3.63) is 18.7 Å². The van der Waals surface area contributed by atoms with E-state index in [9.17, 15) is 8.78 Å². The topological polar surface area (TPSA) is 70.6 Å². The lowest BCUT2D eigenvalue weighted by atomic mass is 10.1. The first kappa shape index (κ1) is 11.9. The van der Waals surface area contributed by atoms with Crippen molar-refractivity contribution in [2.45, 2.75) is 18.8 Å². The van der Waals surface area contributed by atoms with Crippen LogP contribution in [0, 0.1) is 0 Å². The van der Waals surface area contributed by atoms with Crippen molar-refractivity contribution < 1.29 is 8.78 Å². The minimum absolute atomic E-state index is 0.167. The summed E-state index contributed by atoms with van der Waals surface area (Å²) < 4.78 is 26.2. The second-order valence-corrected chi connectivity index (χ2v) is 4.44. The van der Waals surface area contributed by atoms with Crippen LogP contribution in [0.2, 0.25) is 0 Å². The standard InChI is InChI=1S/C11H12F2N6/c12-11(13)1-3-19(4-2-11)10-15-7-14-9(18-10)8-5-16-17-6-8/h5-7H,1-4H2,(H,16,17). The van der Waals surface area contributed by atoms with Gasteiger partial charge in [-0.2, -0.15) is 10.1 Å². The maximum absolute atomic E-state index is 13.1. The molecule has 0 aliphatic carbocycles. The molecule has 19 heavy (non-hydrogen) atoms. The molecule has 0 bridgehead atoms. The van der Waals surface area contributed by atoms with Crippen LogP contribution in [0.5, 0.6) is 0 Å². The van der Waals surface area contributed by atoms with E-state index in [0.717, 1.165) is 5.56 Å². The van der Waals surface area contributed by atoms with Crippen LogP contribution in [0.1, 0.15) is 12.8 Å². The largest absolute Gasteiger partial charge is 0.340 e. The summed E-state index contributed by atoms with van der Waals surface area (Å²) in [6.45, 7) is 0.504. The van der Waals surface area contributed by atoms with Crippen molar-refractivity contribution >= 4 is 5.95 Å². The fourth-order valence-corrected chi connectivity index (χ4v) is 1.99. The number of aromatic amines is 1. The minimum atomic E-state index is -2.57. The number of halogens is 2. The Morgan fingerprint density at radius 2 is 2.00 bits per heavy atom. The maximum atomic E-state index is 13.1. The fourth-order valence-electron chi connectivity index (χ4n) is 1.99. The van der Waals surface area contributed by atoms with Crippen molar-refractivity contribution in [2.75, 3.05) is 18.0 Å². The predicted molar refractivity (Wildman–Crippen MR) is 63.8 cm³/mol. The Labute approximate surface area is 107 Å². The van der Waals surface area contributed by atoms with Gasteiger partial charge in [0, 0.05) is 32.1 Å². The Hall–Kier alpha value is -2.12. The number of hydrogen-bond acceptors (Lipinski definition) is 5. The van der Waals surface area contributed by atoms with Gasteiger partial charge in [-0.3, -0.25) is 5.10 Å². The Balaban J connectivity index is 1.81. The van der Waals surface area contributed by atoms with Gasteiger partial charge < -0.3 is 4.90 Å². The predicted octanol–water partition coefficient (Wildman–Crippen LogP) is 1.50. The van der Waals surface area contributed by atoms with Gasteiger partial charge in [0.05, 0.1) is 11.8 Å². The zero-order valence-corrected chi connectivity index (χ0v) is 10.1. The molecule has 1 fully saturated rings. The van der Waals surface area contributed by atoms with E-state index in [4.69, 9.17) is 0 Å². The third-order valence-corrected chi connectivity index (χ3v) is 3.09. The van der Waals surface area contributed by atoms with Gasteiger partial charge in [0.1, 0.15) is 6.33 Å². The van der Waals surface area contributed by atoms with E-state index in [1.54, 1.807) is 17.3 Å². The van der Waals surface area contributed by atoms with Crippen LogP contribution in [0.3, 0.4) is 0 Å². The average molecular weight is 266 g/mol. The first-order valence-corrected chi connectivity index (χ1v) is 5.95. The van der Waals surface area contributed by atoms with Crippen molar-refractivity contribution in [3.63, 3.8) is 0 Å². The van der Waals surface area contributed by atoms with Crippen LogP contribution >= 0.6 is 0 Å². The van der Waals surface area contributed by atoms with Crippen molar-refractivity contribution in [3.8, 4) is 11.4 Å². The van der Waals surface area contributed by atoms with Crippen LogP contribution in [0.25, 0.3) is 11.4 Å². The Bertz CT molecular complexity index is 546. The number of alkyl halides is 2. The highest BCUT2D eigenvalue weighted by atomic mass is 19.3. The normalized spacial score (nSPS) is 18.5. The van der Waals surface area contributed by atoms with Crippen LogP contribution in [0.15, 0.2) is 18.7 Å². The Morgan fingerprint density at radius 3 is 2.68 bits per heavy atom. The van der Waals surface area contributed by atoms with Gasteiger partial charge in [0.15, 0.2) is 5.82 Å². The molecule has 100 valence electrons. The zero-order chi connectivity index (χ0) is 13.3. The summed E-state index contributed by atoms with van der Waals surface area (Å²) in [6, 6.07) is 0. The highest BCUT2D eigenvalue weighted by molar-refractivity contribution is 5.53. The first-order chi connectivity index (χ1) is 9.14. The summed E-state index contributed by atoms with van der Waals surface area (Å²) in [5.74, 6) is -1.66. The number of hydrogen-bond donors (Lipinski definition) is 1. The monoisotopic (exact) mass is 266 g/mol. The lowest BCUT2D eigenvalue weighted by Gasteiger charge is -2.31. The summed E-state index contributed by atoms with van der Waals surface area (Å²) in [6.07, 6.45) is 4.32. The number of nitrogens with zero attached hydrogens (tertiary/aromatic N) is 5. The Kier molecular flexibility index (Phi) is 2.84. The molecule has 3 heterocycles. The van der Waals surface area contributed by atoms with Crippen molar-refractivity contribution in [1.29, 1.82) is 0 Å². The van der Waals surface area contributed by atoms with Gasteiger partial charge in [0.2, 0.25) is 5.95 Å². The fraction of sp³-hybridized carbons (Fsp3) is 0.455. The summed E-state index contributed by atoms with van der Waals surface area (Å²) >= 11 is 0. The van der Waals surface area contributed by atoms with Crippen molar-refractivity contribution in [1.82, 2.24) is 25.1 Å². The van der Waals surface area contributed by atoms with Gasteiger partial charge in [-0.15, -0.1) is 0 Å². The molecule has 2 aromatic rings. The minimum Gasteiger partial charge on any atom is -0.340 e. The molecule has 6 nitrogen and oxygen atoms in total. The molecule has 1 saturated heterocycles. The molecule has 0 amide bonds. The summed E-state index contributed by atoms with van der Waals surface area (Å²) in [5.41, 5.74) is 0.742. The summed E-state index contributed by atoms with van der Waals surface area (Å²) in [7, 11) is 0. The van der Waals surface area contributed by atoms with E-state index in [1.807, 2.05) is 0 Å². The quantitative estimate of drug-likeness (QED) is 0.891. The van der Waals surface area contributed by atoms with Crippen LogP contribution < -0.4 is 4.90 Å². The second kappa shape index (κ2) is 4.52. The number of nitrogens with one attached hydrogen (secondary N) is 1. The van der Waals surface area contributed by atoms with E-state index >= 15 is 0 Å². The molecular weight excluding hydrogens is 254 g/mol. The van der Waals surface area contributed by atoms with Crippen LogP contribution in [0.4, 0.5) is 14.7 Å². The molecule has 2 aromatic heterocycles. The molecule has 0 aromatic carbocycles. The summed E-state index contributed by atoms with van der Waals surface area (Å²) in [4.78, 5) is 14.1. The third kappa shape index (κ3) is 2.51. The van der Waals surface area contributed by atoms with Gasteiger partial charge in [-0.25, -0.2) is 18.7 Å². The van der Waals surface area contributed by atoms with E-state index in [-0.39, 0.29) is 25.9 Å². The second-order valence-electron chi connectivity index (χ2n) is 4.44. The number of anilines is 1. The first-order valence-electron chi connectivity index (χ1n) is 5.95. The molecule has 3 rings (SSSR count). The molecule has 0 saturated carbocycles. The third-order valence-electron chi connectivity index (χ3n) is 3.09. The van der Waals surface area contributed by atoms with E-state index in [1.165, 1.54) is 6.33 Å². The number of H-pyrrole nitrogens is 1. The SMILES string of the molecule is FC1(F)CCN(c2ncnc(-c3cn[nH]c3)n2)CC1. The highest BCUT2D eigenvalue weighted by Crippen LogP contribution is 2.29. The molecule has 1 N–H and O–H groups in total. The molecule has 0 unspecified atom stereocenters. The van der Waals surface area contributed by atoms with Gasteiger partial charge in [-0.1, -0.05) is 0 Å². The van der Waals surface area contributed by atoms with Crippen LogP contribution in [-0.4, -0.2) is 44.2 Å². The molecule has 8 heteroatoms. The molecule has 0 spiro atoms. The zero-order valence-electron chi connectivity index (χ0n) is 10.1. The molecule has 0 atom stereocenters. The highest BCUT2D eigenvalue weighted by Gasteiger charge is 2.34. The Morgan fingerprint density at radius 1 is 1.21 bits per heavy atom. The van der Waals surface area contributed by atoms with E-state index in [0.29, 0.717) is 11.8 Å². The summed E-state index contributed by atoms with van der Waals surface area (Å²) in [5, 5.41) is 6.50. The molecule has 1 aliphatic heterocycles. The number of rotatable bonds is 2. The molecule has 0 radical (unpaired) electrons. The lowest BCUT2D eigenvalue weighted by molar-refractivity contribution is -0.0222. The number of piperidine rings is 1. The van der Waals surface area contributed by atoms with E-state index in [2.05, 4.69) is 25.1 Å². The van der Waals surface area contributed by atoms with Crippen LogP contribution in [-0.2, 0) is 0 Å². The van der Waals surface area contributed by atoms with E-state index < -0.39 is 5.92 Å². The number of aromatic nitrogens is 5. The maximum Gasteiger partial charge on any atom is 0.251 e. The van der Waals surface area contributed by atoms with Gasteiger partial charge in [0.25, 0.3) is 5.92 Å².